The average molecular weight is 411 g/mol. The fourth-order valence-corrected chi connectivity index (χ4v) is 5.64. The van der Waals surface area contributed by atoms with E-state index in [1.165, 1.54) is 16.4 Å². The maximum atomic E-state index is 13.7. The number of sulfonamides is 1. The molecular weight excluding hydrogens is 390 g/mol. The zero-order valence-electron chi connectivity index (χ0n) is 16.1. The summed E-state index contributed by atoms with van der Waals surface area (Å²) in [5.41, 5.74) is 3.08. The van der Waals surface area contributed by atoms with Gasteiger partial charge in [-0.1, -0.05) is 35.9 Å². The van der Waals surface area contributed by atoms with Gasteiger partial charge in [0, 0.05) is 37.1 Å². The molecule has 0 saturated carbocycles. The molecule has 0 N–H and O–H groups in total. The van der Waals surface area contributed by atoms with Gasteiger partial charge in [0.25, 0.3) is 5.69 Å². The molecule has 8 heteroatoms. The van der Waals surface area contributed by atoms with Gasteiger partial charge in [0.05, 0.1) is 15.9 Å². The minimum atomic E-state index is -3.96. The van der Waals surface area contributed by atoms with Crippen molar-refractivity contribution in [1.82, 2.24) is 8.87 Å². The highest BCUT2D eigenvalue weighted by Gasteiger charge is 2.38. The van der Waals surface area contributed by atoms with Gasteiger partial charge in [-0.15, -0.1) is 0 Å². The van der Waals surface area contributed by atoms with Gasteiger partial charge in [-0.3, -0.25) is 10.1 Å². The molecule has 1 aliphatic heterocycles. The normalized spacial score (nSPS) is 17.1. The minimum absolute atomic E-state index is 0.0242. The van der Waals surface area contributed by atoms with Crippen molar-refractivity contribution in [2.24, 2.45) is 0 Å². The van der Waals surface area contributed by atoms with Crippen LogP contribution in [0.25, 0.3) is 0 Å². The van der Waals surface area contributed by atoms with Crippen LogP contribution < -0.4 is 0 Å². The Bertz CT molecular complexity index is 1180. The van der Waals surface area contributed by atoms with Gasteiger partial charge >= 0.3 is 0 Å². The van der Waals surface area contributed by atoms with Crippen LogP contribution in [0.4, 0.5) is 5.69 Å². The summed E-state index contributed by atoms with van der Waals surface area (Å²) >= 11 is 0. The number of non-ortho nitro benzene ring substituents is 1. The fourth-order valence-electron chi connectivity index (χ4n) is 3.81. The molecule has 1 aromatic heterocycles. The number of fused-ring (bicyclic) bond motifs is 1. The van der Waals surface area contributed by atoms with E-state index in [-0.39, 0.29) is 17.1 Å². The van der Waals surface area contributed by atoms with Gasteiger partial charge in [-0.05, 0) is 37.1 Å². The summed E-state index contributed by atoms with van der Waals surface area (Å²) in [6.07, 6.45) is 1.94. The molecule has 0 fully saturated rings. The molecule has 1 atom stereocenters. The van der Waals surface area contributed by atoms with E-state index in [0.717, 1.165) is 22.9 Å². The first-order chi connectivity index (χ1) is 13.8. The Labute approximate surface area is 169 Å². The summed E-state index contributed by atoms with van der Waals surface area (Å²) in [6, 6.07) is 15.1. The molecule has 0 aliphatic carbocycles. The van der Waals surface area contributed by atoms with Crippen molar-refractivity contribution in [3.05, 3.63) is 93.3 Å². The van der Waals surface area contributed by atoms with Crippen LogP contribution in [-0.2, 0) is 16.6 Å². The number of rotatable bonds is 4. The Hall–Kier alpha value is -2.97. The van der Waals surface area contributed by atoms with Crippen molar-refractivity contribution in [3.63, 3.8) is 0 Å². The first-order valence-electron chi connectivity index (χ1n) is 9.27. The number of nitro groups is 1. The average Bonchev–Trinajstić information content (AvgIpc) is 3.16. The van der Waals surface area contributed by atoms with Crippen molar-refractivity contribution in [1.29, 1.82) is 0 Å². The predicted molar refractivity (Wildman–Crippen MR) is 109 cm³/mol. The summed E-state index contributed by atoms with van der Waals surface area (Å²) in [6.45, 7) is 4.45. The number of nitrogens with zero attached hydrogens (tertiary/aromatic N) is 3. The molecule has 1 unspecified atom stereocenters. The zero-order valence-corrected chi connectivity index (χ0v) is 17.0. The summed E-state index contributed by atoms with van der Waals surface area (Å²) in [5, 5.41) is 11.2. The molecule has 4 rings (SSSR count). The monoisotopic (exact) mass is 411 g/mol. The summed E-state index contributed by atoms with van der Waals surface area (Å²) in [7, 11) is -3.96. The molecular formula is C21H21N3O4S. The highest BCUT2D eigenvalue weighted by atomic mass is 32.2. The first kappa shape index (κ1) is 19.4. The largest absolute Gasteiger partial charge is 0.348 e. The Morgan fingerprint density at radius 2 is 1.76 bits per heavy atom. The molecule has 1 aliphatic rings. The van der Waals surface area contributed by atoms with Crippen molar-refractivity contribution in [3.8, 4) is 0 Å². The minimum Gasteiger partial charge on any atom is -0.348 e. The standard InChI is InChI=1S/C21H21N3O4S/c1-15-5-8-17(9-6-15)21-19-4-3-11-22(19)12-13-23(21)29(27,28)20-14-18(24(25)26)10-7-16(20)2/h3-11,14,21H,12-13H2,1-2H3. The Morgan fingerprint density at radius 3 is 2.45 bits per heavy atom. The molecule has 3 aromatic rings. The molecule has 150 valence electrons. The summed E-state index contributed by atoms with van der Waals surface area (Å²) in [4.78, 5) is 10.6. The summed E-state index contributed by atoms with van der Waals surface area (Å²) < 4.78 is 30.8. The SMILES string of the molecule is Cc1ccc(C2c3cccn3CCN2S(=O)(=O)c2cc([N+](=O)[O-])ccc2C)cc1. The van der Waals surface area contributed by atoms with E-state index in [0.29, 0.717) is 12.1 Å². The molecule has 0 bridgehead atoms. The second-order valence-electron chi connectivity index (χ2n) is 7.26. The first-order valence-corrected chi connectivity index (χ1v) is 10.7. The molecule has 0 radical (unpaired) electrons. The zero-order chi connectivity index (χ0) is 20.8. The number of aryl methyl sites for hydroxylation is 2. The molecule has 29 heavy (non-hydrogen) atoms. The van der Waals surface area contributed by atoms with E-state index >= 15 is 0 Å². The van der Waals surface area contributed by atoms with E-state index in [4.69, 9.17) is 0 Å². The summed E-state index contributed by atoms with van der Waals surface area (Å²) in [5.74, 6) is 0. The van der Waals surface area contributed by atoms with Crippen molar-refractivity contribution >= 4 is 15.7 Å². The van der Waals surface area contributed by atoms with E-state index in [2.05, 4.69) is 4.57 Å². The van der Waals surface area contributed by atoms with E-state index in [1.807, 2.05) is 49.5 Å². The fraction of sp³-hybridized carbons (Fsp3) is 0.238. The molecule has 0 spiro atoms. The van der Waals surface area contributed by atoms with Gasteiger partial charge in [-0.25, -0.2) is 8.42 Å². The van der Waals surface area contributed by atoms with Crippen LogP contribution in [0.3, 0.4) is 0 Å². The van der Waals surface area contributed by atoms with Gasteiger partial charge in [0.15, 0.2) is 0 Å². The van der Waals surface area contributed by atoms with Crippen LogP contribution in [0, 0.1) is 24.0 Å². The molecule has 0 amide bonds. The third kappa shape index (κ3) is 3.34. The van der Waals surface area contributed by atoms with Crippen LogP contribution in [0.1, 0.15) is 28.4 Å². The maximum absolute atomic E-state index is 13.7. The smallest absolute Gasteiger partial charge is 0.270 e. The van der Waals surface area contributed by atoms with Gasteiger partial charge in [0.1, 0.15) is 0 Å². The number of hydrogen-bond donors (Lipinski definition) is 0. The van der Waals surface area contributed by atoms with Gasteiger partial charge in [0.2, 0.25) is 10.0 Å². The lowest BCUT2D eigenvalue weighted by Gasteiger charge is -2.36. The lowest BCUT2D eigenvalue weighted by molar-refractivity contribution is -0.385. The number of nitro benzene ring substituents is 1. The van der Waals surface area contributed by atoms with Crippen LogP contribution in [-0.4, -0.2) is 28.8 Å². The van der Waals surface area contributed by atoms with Crippen molar-refractivity contribution in [2.75, 3.05) is 6.54 Å². The van der Waals surface area contributed by atoms with Crippen molar-refractivity contribution < 1.29 is 13.3 Å². The topological polar surface area (TPSA) is 85.5 Å². The number of hydrogen-bond acceptors (Lipinski definition) is 4. The van der Waals surface area contributed by atoms with E-state index in [9.17, 15) is 18.5 Å². The molecule has 0 saturated heterocycles. The van der Waals surface area contributed by atoms with Crippen LogP contribution in [0.15, 0.2) is 65.7 Å². The predicted octanol–water partition coefficient (Wildman–Crippen LogP) is 3.81. The second-order valence-corrected chi connectivity index (χ2v) is 9.12. The van der Waals surface area contributed by atoms with Gasteiger partial charge in [-0.2, -0.15) is 4.31 Å². The van der Waals surface area contributed by atoms with Crippen LogP contribution in [0.5, 0.6) is 0 Å². The second kappa shape index (κ2) is 7.13. The van der Waals surface area contributed by atoms with Crippen LogP contribution >= 0.6 is 0 Å². The molecule has 7 nitrogen and oxygen atoms in total. The van der Waals surface area contributed by atoms with Crippen molar-refractivity contribution in [2.45, 2.75) is 31.3 Å². The third-order valence-corrected chi connectivity index (χ3v) is 7.36. The third-order valence-electron chi connectivity index (χ3n) is 5.36. The highest BCUT2D eigenvalue weighted by Crippen LogP contribution is 2.37. The molecule has 2 heterocycles. The van der Waals surface area contributed by atoms with E-state index < -0.39 is 21.0 Å². The van der Waals surface area contributed by atoms with Gasteiger partial charge < -0.3 is 4.57 Å². The number of benzene rings is 2. The maximum Gasteiger partial charge on any atom is 0.270 e. The highest BCUT2D eigenvalue weighted by molar-refractivity contribution is 7.89. The Kier molecular flexibility index (Phi) is 4.76. The Morgan fingerprint density at radius 1 is 1.03 bits per heavy atom. The lowest BCUT2D eigenvalue weighted by Crippen LogP contribution is -2.42. The number of aromatic nitrogens is 1. The molecule has 2 aromatic carbocycles. The lowest BCUT2D eigenvalue weighted by atomic mass is 10.0. The quantitative estimate of drug-likeness (QED) is 0.483. The van der Waals surface area contributed by atoms with Crippen LogP contribution in [0.2, 0.25) is 0 Å². The Balaban J connectivity index is 1.87. The van der Waals surface area contributed by atoms with E-state index in [1.54, 1.807) is 6.92 Å².